The predicted octanol–water partition coefficient (Wildman–Crippen LogP) is 3.46. The molecule has 26 heavy (non-hydrogen) atoms. The largest absolute Gasteiger partial charge is 0.495 e. The molecule has 7 heteroatoms. The van der Waals surface area contributed by atoms with Gasteiger partial charge in [0.15, 0.2) is 5.69 Å². The fraction of sp³-hybridized carbons (Fsp3) is 0.105. The molecule has 1 heterocycles. The molecule has 132 valence electrons. The van der Waals surface area contributed by atoms with Crippen molar-refractivity contribution in [2.45, 2.75) is 6.92 Å². The van der Waals surface area contributed by atoms with Gasteiger partial charge >= 0.3 is 0 Å². The lowest BCUT2D eigenvalue weighted by Gasteiger charge is -2.09. The molecule has 0 aliphatic rings. The molecule has 0 fully saturated rings. The third-order valence-electron chi connectivity index (χ3n) is 3.73. The molecule has 0 saturated heterocycles. The lowest BCUT2D eigenvalue weighted by atomic mass is 10.2. The average Bonchev–Trinajstić information content (AvgIpc) is 2.63. The number of rotatable bonds is 4. The quantitative estimate of drug-likeness (QED) is 0.764. The Hall–Kier alpha value is -3.12. The van der Waals surface area contributed by atoms with Crippen molar-refractivity contribution in [3.05, 3.63) is 81.2 Å². The Labute approximate surface area is 155 Å². The first-order chi connectivity index (χ1) is 12.5. The van der Waals surface area contributed by atoms with E-state index in [2.05, 4.69) is 10.4 Å². The number of amides is 1. The summed E-state index contributed by atoms with van der Waals surface area (Å²) in [5.74, 6) is -0.123. The van der Waals surface area contributed by atoms with E-state index in [1.807, 2.05) is 31.2 Å². The van der Waals surface area contributed by atoms with Crippen LogP contribution in [0.1, 0.15) is 16.1 Å². The number of hydrogen-bond acceptors (Lipinski definition) is 4. The van der Waals surface area contributed by atoms with E-state index >= 15 is 0 Å². The number of anilines is 1. The summed E-state index contributed by atoms with van der Waals surface area (Å²) in [6, 6.07) is 13.7. The molecule has 0 unspecified atom stereocenters. The molecule has 3 rings (SSSR count). The molecule has 1 N–H and O–H groups in total. The van der Waals surface area contributed by atoms with Crippen LogP contribution in [0.25, 0.3) is 5.69 Å². The summed E-state index contributed by atoms with van der Waals surface area (Å²) in [4.78, 5) is 24.6. The monoisotopic (exact) mass is 369 g/mol. The molecule has 6 nitrogen and oxygen atoms in total. The van der Waals surface area contributed by atoms with Crippen molar-refractivity contribution >= 4 is 23.2 Å². The second-order valence-electron chi connectivity index (χ2n) is 5.61. The van der Waals surface area contributed by atoms with Gasteiger partial charge in [0.1, 0.15) is 5.75 Å². The van der Waals surface area contributed by atoms with Crippen molar-refractivity contribution in [1.29, 1.82) is 0 Å². The van der Waals surface area contributed by atoms with Gasteiger partial charge in [0, 0.05) is 18.0 Å². The van der Waals surface area contributed by atoms with Crippen molar-refractivity contribution in [3.8, 4) is 11.4 Å². The lowest BCUT2D eigenvalue weighted by molar-refractivity contribution is 0.101. The zero-order valence-electron chi connectivity index (χ0n) is 14.2. The van der Waals surface area contributed by atoms with Crippen LogP contribution in [0.4, 0.5) is 5.69 Å². The molecule has 1 aromatic heterocycles. The number of carbonyl (C=O) groups excluding carboxylic acids is 1. The summed E-state index contributed by atoms with van der Waals surface area (Å²) in [7, 11) is 1.50. The molecular weight excluding hydrogens is 354 g/mol. The number of ether oxygens (including phenoxy) is 1. The Bertz CT molecular complexity index is 1010. The Morgan fingerprint density at radius 2 is 1.88 bits per heavy atom. The number of halogens is 1. The molecule has 0 atom stereocenters. The molecule has 0 bridgehead atoms. The minimum absolute atomic E-state index is 0.208. The van der Waals surface area contributed by atoms with E-state index in [0.717, 1.165) is 11.3 Å². The Kier molecular flexibility index (Phi) is 5.04. The number of methoxy groups -OCH3 is 1. The van der Waals surface area contributed by atoms with Crippen LogP contribution in [-0.2, 0) is 0 Å². The Morgan fingerprint density at radius 3 is 2.54 bits per heavy atom. The Balaban J connectivity index is 1.89. The van der Waals surface area contributed by atoms with Gasteiger partial charge < -0.3 is 10.1 Å². The van der Waals surface area contributed by atoms with E-state index in [1.54, 1.807) is 18.2 Å². The number of aryl methyl sites for hydroxylation is 1. The van der Waals surface area contributed by atoms with Crippen molar-refractivity contribution < 1.29 is 9.53 Å². The van der Waals surface area contributed by atoms with Crippen molar-refractivity contribution in [3.63, 3.8) is 0 Å². The zero-order chi connectivity index (χ0) is 18.7. The first-order valence-electron chi connectivity index (χ1n) is 7.80. The maximum Gasteiger partial charge on any atom is 0.280 e. The fourth-order valence-electron chi connectivity index (χ4n) is 2.34. The summed E-state index contributed by atoms with van der Waals surface area (Å²) >= 11 is 6.05. The zero-order valence-corrected chi connectivity index (χ0v) is 14.9. The van der Waals surface area contributed by atoms with Gasteiger partial charge in [-0.25, -0.2) is 4.68 Å². The molecule has 0 saturated carbocycles. The SMILES string of the molecule is COc1ccc(NC(=O)c2nn(-c3ccc(C)cc3)ccc2=O)cc1Cl. The summed E-state index contributed by atoms with van der Waals surface area (Å²) < 4.78 is 6.55. The lowest BCUT2D eigenvalue weighted by Crippen LogP contribution is -2.25. The molecule has 0 radical (unpaired) electrons. The molecule has 0 spiro atoms. The van der Waals surface area contributed by atoms with Gasteiger partial charge in [-0.2, -0.15) is 5.10 Å². The highest BCUT2D eigenvalue weighted by molar-refractivity contribution is 6.32. The molecule has 2 aromatic carbocycles. The molecule has 3 aromatic rings. The summed E-state index contributed by atoms with van der Waals surface area (Å²) in [6.45, 7) is 1.97. The molecular formula is C19H16ClN3O3. The Morgan fingerprint density at radius 1 is 1.15 bits per heavy atom. The van der Waals surface area contributed by atoms with Crippen molar-refractivity contribution in [2.24, 2.45) is 0 Å². The van der Waals surface area contributed by atoms with E-state index in [-0.39, 0.29) is 5.69 Å². The smallest absolute Gasteiger partial charge is 0.280 e. The van der Waals surface area contributed by atoms with Gasteiger partial charge in [0.2, 0.25) is 5.43 Å². The van der Waals surface area contributed by atoms with Crippen LogP contribution in [0.2, 0.25) is 5.02 Å². The van der Waals surface area contributed by atoms with Crippen molar-refractivity contribution in [2.75, 3.05) is 12.4 Å². The number of nitrogens with one attached hydrogen (secondary N) is 1. The van der Waals surface area contributed by atoms with Crippen molar-refractivity contribution in [1.82, 2.24) is 9.78 Å². The normalized spacial score (nSPS) is 10.4. The molecule has 1 amide bonds. The number of carbonyl (C=O) groups is 1. The number of nitrogens with zero attached hydrogens (tertiary/aromatic N) is 2. The highest BCUT2D eigenvalue weighted by Gasteiger charge is 2.14. The van der Waals surface area contributed by atoms with E-state index < -0.39 is 11.3 Å². The summed E-state index contributed by atoms with van der Waals surface area (Å²) in [5.41, 5.74) is 1.61. The van der Waals surface area contributed by atoms with E-state index in [1.165, 1.54) is 24.1 Å². The maximum atomic E-state index is 12.5. The van der Waals surface area contributed by atoms with Gasteiger partial charge in [-0.15, -0.1) is 0 Å². The topological polar surface area (TPSA) is 73.2 Å². The average molecular weight is 370 g/mol. The van der Waals surface area contributed by atoms with Gasteiger partial charge in [-0.3, -0.25) is 9.59 Å². The van der Waals surface area contributed by atoms with Gasteiger partial charge in [-0.1, -0.05) is 29.3 Å². The van der Waals surface area contributed by atoms with Crippen LogP contribution in [-0.4, -0.2) is 22.8 Å². The van der Waals surface area contributed by atoms with Crippen LogP contribution in [0, 0.1) is 6.92 Å². The molecule has 0 aliphatic carbocycles. The number of aromatic nitrogens is 2. The van der Waals surface area contributed by atoms with Crippen LogP contribution in [0.3, 0.4) is 0 Å². The standard InChI is InChI=1S/C19H16ClN3O3/c1-12-3-6-14(7-4-12)23-10-9-16(24)18(22-23)19(25)21-13-5-8-17(26-2)15(20)11-13/h3-11H,1-2H3,(H,21,25). The minimum atomic E-state index is -0.613. The summed E-state index contributed by atoms with van der Waals surface area (Å²) in [6.07, 6.45) is 1.52. The van der Waals surface area contributed by atoms with E-state index in [9.17, 15) is 9.59 Å². The van der Waals surface area contributed by atoms with Crippen LogP contribution in [0.15, 0.2) is 59.5 Å². The van der Waals surface area contributed by atoms with E-state index in [4.69, 9.17) is 16.3 Å². The maximum absolute atomic E-state index is 12.5. The third-order valence-corrected chi connectivity index (χ3v) is 4.03. The first-order valence-corrected chi connectivity index (χ1v) is 8.17. The highest BCUT2D eigenvalue weighted by atomic mass is 35.5. The summed E-state index contributed by atoms with van der Waals surface area (Å²) in [5, 5.41) is 7.13. The van der Waals surface area contributed by atoms with Gasteiger partial charge in [-0.05, 0) is 37.3 Å². The predicted molar refractivity (Wildman–Crippen MR) is 101 cm³/mol. The van der Waals surface area contributed by atoms with Crippen LogP contribution < -0.4 is 15.5 Å². The van der Waals surface area contributed by atoms with Crippen LogP contribution in [0.5, 0.6) is 5.75 Å². The van der Waals surface area contributed by atoms with Gasteiger partial charge in [0.05, 0.1) is 17.8 Å². The highest BCUT2D eigenvalue weighted by Crippen LogP contribution is 2.27. The second-order valence-corrected chi connectivity index (χ2v) is 6.02. The third kappa shape index (κ3) is 3.75. The van der Waals surface area contributed by atoms with E-state index in [0.29, 0.717) is 16.5 Å². The second kappa shape index (κ2) is 7.41. The minimum Gasteiger partial charge on any atom is -0.495 e. The van der Waals surface area contributed by atoms with Gasteiger partial charge in [0.25, 0.3) is 5.91 Å². The van der Waals surface area contributed by atoms with Crippen LogP contribution >= 0.6 is 11.6 Å². The molecule has 0 aliphatic heterocycles. The first kappa shape index (κ1) is 17.7. The number of benzene rings is 2. The number of hydrogen-bond donors (Lipinski definition) is 1. The fourth-order valence-corrected chi connectivity index (χ4v) is 2.60.